The molecule has 0 aliphatic rings. The second kappa shape index (κ2) is 12.3. The molecule has 0 bridgehead atoms. The molecule has 0 fully saturated rings. The maximum Gasteiger partial charge on any atom is 0.164 e. The molecule has 6 nitrogen and oxygen atoms in total. The van der Waals surface area contributed by atoms with Gasteiger partial charge in [-0.2, -0.15) is 4.80 Å². The van der Waals surface area contributed by atoms with E-state index in [9.17, 15) is 0 Å². The molecule has 8 aromatic carbocycles. The Kier molecular flexibility index (Phi) is 6.93. The van der Waals surface area contributed by atoms with Gasteiger partial charge in [-0.3, -0.25) is 0 Å². The Hall–Kier alpha value is -7.09. The highest BCUT2D eigenvalue weighted by molar-refractivity contribution is 7.25. The Labute approximate surface area is 313 Å². The molecule has 0 spiro atoms. The van der Waals surface area contributed by atoms with Crippen molar-refractivity contribution < 1.29 is 0 Å². The number of benzene rings is 8. The number of rotatable bonds is 5. The predicted molar refractivity (Wildman–Crippen MR) is 222 cm³/mol. The molecule has 0 saturated heterocycles. The van der Waals surface area contributed by atoms with E-state index in [1.54, 1.807) is 16.1 Å². The lowest BCUT2D eigenvalue weighted by molar-refractivity contribution is 0.766. The maximum absolute atomic E-state index is 5.18. The van der Waals surface area contributed by atoms with Crippen molar-refractivity contribution in [2.24, 2.45) is 0 Å². The molecule has 0 aliphatic carbocycles. The second-order valence-electron chi connectivity index (χ2n) is 13.4. The van der Waals surface area contributed by atoms with Crippen LogP contribution in [-0.2, 0) is 0 Å². The minimum atomic E-state index is 0.608. The molecule has 0 aliphatic heterocycles. The smallest absolute Gasteiger partial charge is 0.164 e. The quantitative estimate of drug-likeness (QED) is 0.166. The summed E-state index contributed by atoms with van der Waals surface area (Å²) in [5.41, 5.74) is 7.68. The van der Waals surface area contributed by atoms with E-state index in [2.05, 4.69) is 127 Å². The van der Waals surface area contributed by atoms with E-state index < -0.39 is 0 Å². The van der Waals surface area contributed by atoms with Crippen LogP contribution in [0.3, 0.4) is 0 Å². The first-order chi connectivity index (χ1) is 26.7. The molecule has 0 atom stereocenters. The van der Waals surface area contributed by atoms with E-state index in [-0.39, 0.29) is 0 Å². The summed E-state index contributed by atoms with van der Waals surface area (Å²) in [5, 5.41) is 16.6. The van der Waals surface area contributed by atoms with E-state index in [4.69, 9.17) is 25.1 Å². The van der Waals surface area contributed by atoms with E-state index >= 15 is 0 Å². The van der Waals surface area contributed by atoms with Gasteiger partial charge in [-0.25, -0.2) is 15.0 Å². The minimum absolute atomic E-state index is 0.608. The van der Waals surface area contributed by atoms with E-state index in [0.29, 0.717) is 17.5 Å². The molecule has 252 valence electrons. The monoisotopic (exact) mass is 708 g/mol. The fraction of sp³-hybridized carbons (Fsp3) is 0. The average molecular weight is 709 g/mol. The highest BCUT2D eigenvalue weighted by atomic mass is 32.1. The third kappa shape index (κ3) is 5.13. The molecule has 7 heteroatoms. The van der Waals surface area contributed by atoms with Gasteiger partial charge in [-0.1, -0.05) is 121 Å². The molecule has 3 aromatic heterocycles. The standard InChI is InChI=1S/C47H28N6S/c1-3-9-29(10-4-1)30-15-20-33(21-16-30)45-48-46(50-47(49-45)35-24-26-42-39(28-35)37-13-7-8-14-41(37)54-42)34-22-18-31-17-19-32-23-25-40-44(43(32)38(31)27-34)52-53(51-40)36-11-5-2-6-12-36/h1-28H. The molecule has 0 saturated carbocycles. The van der Waals surface area contributed by atoms with Gasteiger partial charge < -0.3 is 0 Å². The van der Waals surface area contributed by atoms with Crippen molar-refractivity contribution in [1.82, 2.24) is 29.9 Å². The highest BCUT2D eigenvalue weighted by Crippen LogP contribution is 2.37. The fourth-order valence-corrected chi connectivity index (χ4v) is 8.49. The van der Waals surface area contributed by atoms with Crippen LogP contribution in [0.4, 0.5) is 0 Å². The largest absolute Gasteiger partial charge is 0.208 e. The zero-order chi connectivity index (χ0) is 35.6. The van der Waals surface area contributed by atoms with E-state index in [1.807, 2.05) is 42.5 Å². The number of aromatic nitrogens is 6. The van der Waals surface area contributed by atoms with E-state index in [0.717, 1.165) is 60.5 Å². The number of para-hydroxylation sites is 1. The fourth-order valence-electron chi connectivity index (χ4n) is 7.40. The number of hydrogen-bond donors (Lipinski definition) is 0. The minimum Gasteiger partial charge on any atom is -0.208 e. The van der Waals surface area contributed by atoms with Crippen molar-refractivity contribution >= 4 is 64.1 Å². The van der Waals surface area contributed by atoms with E-state index in [1.165, 1.54) is 25.7 Å². The van der Waals surface area contributed by atoms with Crippen molar-refractivity contribution in [3.05, 3.63) is 170 Å². The van der Waals surface area contributed by atoms with Gasteiger partial charge >= 0.3 is 0 Å². The third-order valence-corrected chi connectivity index (χ3v) is 11.3. The lowest BCUT2D eigenvalue weighted by Gasteiger charge is -2.11. The predicted octanol–water partition coefficient (Wildman–Crippen LogP) is 11.9. The van der Waals surface area contributed by atoms with Crippen LogP contribution in [0.15, 0.2) is 170 Å². The Bertz CT molecular complexity index is 3210. The summed E-state index contributed by atoms with van der Waals surface area (Å²) < 4.78 is 2.50. The van der Waals surface area contributed by atoms with Gasteiger partial charge in [-0.15, -0.1) is 21.5 Å². The Morgan fingerprint density at radius 1 is 0.389 bits per heavy atom. The van der Waals surface area contributed by atoms with Crippen LogP contribution in [0.2, 0.25) is 0 Å². The first-order valence-corrected chi connectivity index (χ1v) is 18.7. The summed E-state index contributed by atoms with van der Waals surface area (Å²) >= 11 is 1.80. The summed E-state index contributed by atoms with van der Waals surface area (Å²) in [4.78, 5) is 17.2. The average Bonchev–Trinajstić information content (AvgIpc) is 3.86. The number of thiophene rings is 1. The van der Waals surface area contributed by atoms with Gasteiger partial charge in [-0.05, 0) is 75.8 Å². The molecular formula is C47H28N6S. The van der Waals surface area contributed by atoms with Crippen LogP contribution in [0.25, 0.3) is 104 Å². The van der Waals surface area contributed by atoms with Crippen LogP contribution >= 0.6 is 11.3 Å². The van der Waals surface area contributed by atoms with Gasteiger partial charge in [0.05, 0.1) is 5.69 Å². The van der Waals surface area contributed by atoms with Crippen molar-refractivity contribution in [1.29, 1.82) is 0 Å². The lowest BCUT2D eigenvalue weighted by Crippen LogP contribution is -2.00. The molecule has 11 aromatic rings. The summed E-state index contributed by atoms with van der Waals surface area (Å²) in [6, 6.07) is 58.9. The topological polar surface area (TPSA) is 69.4 Å². The Morgan fingerprint density at radius 3 is 1.74 bits per heavy atom. The van der Waals surface area contributed by atoms with Crippen LogP contribution in [-0.4, -0.2) is 29.9 Å². The zero-order valence-corrected chi connectivity index (χ0v) is 29.6. The van der Waals surface area contributed by atoms with Crippen LogP contribution < -0.4 is 0 Å². The van der Waals surface area contributed by atoms with Crippen molar-refractivity contribution in [3.63, 3.8) is 0 Å². The summed E-state index contributed by atoms with van der Waals surface area (Å²) in [7, 11) is 0. The van der Waals surface area contributed by atoms with Crippen LogP contribution in [0, 0.1) is 0 Å². The highest BCUT2D eigenvalue weighted by Gasteiger charge is 2.17. The molecule has 0 N–H and O–H groups in total. The van der Waals surface area contributed by atoms with Crippen molar-refractivity contribution in [2.75, 3.05) is 0 Å². The van der Waals surface area contributed by atoms with Crippen LogP contribution in [0.5, 0.6) is 0 Å². The number of hydrogen-bond acceptors (Lipinski definition) is 6. The first kappa shape index (κ1) is 30.5. The normalized spacial score (nSPS) is 11.7. The molecule has 0 radical (unpaired) electrons. The zero-order valence-electron chi connectivity index (χ0n) is 28.8. The Balaban J connectivity index is 1.10. The summed E-state index contributed by atoms with van der Waals surface area (Å²) in [5.74, 6) is 1.86. The SMILES string of the molecule is c1ccc(-c2ccc(-c3nc(-c4ccc5sc6ccccc6c5c4)nc(-c4ccc5ccc6ccc7nn(-c8ccccc8)nc7c6c5c4)n3)cc2)cc1. The molecule has 0 amide bonds. The summed E-state index contributed by atoms with van der Waals surface area (Å²) in [6.45, 7) is 0. The molecule has 3 heterocycles. The molecule has 54 heavy (non-hydrogen) atoms. The second-order valence-corrected chi connectivity index (χ2v) is 14.5. The van der Waals surface area contributed by atoms with Gasteiger partial charge in [0.1, 0.15) is 11.0 Å². The maximum atomic E-state index is 5.18. The lowest BCUT2D eigenvalue weighted by atomic mass is 9.98. The van der Waals surface area contributed by atoms with Gasteiger partial charge in [0.15, 0.2) is 17.5 Å². The summed E-state index contributed by atoms with van der Waals surface area (Å²) in [6.07, 6.45) is 0. The molecule has 0 unspecified atom stereocenters. The Morgan fingerprint density at radius 2 is 0.944 bits per heavy atom. The number of fused-ring (bicyclic) bond motifs is 8. The van der Waals surface area contributed by atoms with Gasteiger partial charge in [0.2, 0.25) is 0 Å². The molecule has 11 rings (SSSR count). The first-order valence-electron chi connectivity index (χ1n) is 17.8. The molecular weight excluding hydrogens is 681 g/mol. The third-order valence-electron chi connectivity index (χ3n) is 10.1. The van der Waals surface area contributed by atoms with Gasteiger partial charge in [0.25, 0.3) is 0 Å². The van der Waals surface area contributed by atoms with Crippen molar-refractivity contribution in [2.45, 2.75) is 0 Å². The van der Waals surface area contributed by atoms with Gasteiger partial charge in [0, 0.05) is 42.2 Å². The number of nitrogens with zero attached hydrogens (tertiary/aromatic N) is 6. The van der Waals surface area contributed by atoms with Crippen LogP contribution in [0.1, 0.15) is 0 Å². The van der Waals surface area contributed by atoms with Crippen molar-refractivity contribution in [3.8, 4) is 51.0 Å².